The van der Waals surface area contributed by atoms with Gasteiger partial charge in [-0.1, -0.05) is 15.9 Å². The molecular weight excluding hydrogens is 324 g/mol. The highest BCUT2D eigenvalue weighted by molar-refractivity contribution is 9.10. The van der Waals surface area contributed by atoms with Crippen LogP contribution < -0.4 is 5.32 Å². The molecule has 2 heterocycles. The first-order valence-corrected chi connectivity index (χ1v) is 6.64. The van der Waals surface area contributed by atoms with Crippen molar-refractivity contribution < 1.29 is 29.3 Å². The summed E-state index contributed by atoms with van der Waals surface area (Å²) in [6.07, 6.45) is -3.51. The molecule has 5 atom stereocenters. The number of ether oxygens (including phenoxy) is 2. The molecule has 0 aromatic rings. The average Bonchev–Trinajstić information content (AvgIpc) is 2.70. The molecule has 2 saturated heterocycles. The van der Waals surface area contributed by atoms with Gasteiger partial charge < -0.3 is 19.7 Å². The average molecular weight is 339 g/mol. The van der Waals surface area contributed by atoms with E-state index in [2.05, 4.69) is 21.2 Å². The predicted molar refractivity (Wildman–Crippen MR) is 65.5 cm³/mol. The molecule has 2 aliphatic rings. The monoisotopic (exact) mass is 338 g/mol. The molecule has 9 heteroatoms. The SMILES string of the molecule is CO[C@@H]1[C@H](O)[C@@H](CO)O[C@H]1N1CC(Br)C(=O)NC1=O. The van der Waals surface area contributed by atoms with Crippen molar-refractivity contribution >= 4 is 27.9 Å². The van der Waals surface area contributed by atoms with Crippen LogP contribution >= 0.6 is 15.9 Å². The second-order valence-corrected chi connectivity index (χ2v) is 5.46. The second-order valence-electron chi connectivity index (χ2n) is 4.35. The summed E-state index contributed by atoms with van der Waals surface area (Å²) < 4.78 is 10.6. The Balaban J connectivity index is 2.16. The number of imide groups is 1. The molecule has 3 amide bonds. The molecule has 2 fully saturated rings. The Morgan fingerprint density at radius 1 is 1.58 bits per heavy atom. The lowest BCUT2D eigenvalue weighted by atomic mass is 10.1. The third kappa shape index (κ3) is 2.61. The zero-order valence-corrected chi connectivity index (χ0v) is 11.7. The summed E-state index contributed by atoms with van der Waals surface area (Å²) >= 11 is 3.14. The Bertz CT molecular complexity index is 381. The van der Waals surface area contributed by atoms with Crippen molar-refractivity contribution in [1.29, 1.82) is 0 Å². The van der Waals surface area contributed by atoms with E-state index >= 15 is 0 Å². The number of urea groups is 1. The largest absolute Gasteiger partial charge is 0.394 e. The molecule has 0 saturated carbocycles. The Kier molecular flexibility index (Phi) is 4.41. The summed E-state index contributed by atoms with van der Waals surface area (Å²) in [5.74, 6) is -0.424. The van der Waals surface area contributed by atoms with Gasteiger partial charge in [0.2, 0.25) is 5.91 Å². The zero-order valence-electron chi connectivity index (χ0n) is 10.2. The van der Waals surface area contributed by atoms with Crippen LogP contribution in [-0.4, -0.2) is 76.7 Å². The number of carbonyl (C=O) groups excluding carboxylic acids is 2. The molecule has 0 radical (unpaired) electrons. The maximum atomic E-state index is 11.8. The third-order valence-corrected chi connectivity index (χ3v) is 3.91. The molecule has 2 aliphatic heterocycles. The predicted octanol–water partition coefficient (Wildman–Crippen LogP) is -1.61. The maximum Gasteiger partial charge on any atom is 0.326 e. The van der Waals surface area contributed by atoms with Crippen molar-refractivity contribution in [1.82, 2.24) is 10.2 Å². The minimum atomic E-state index is -1.04. The lowest BCUT2D eigenvalue weighted by Gasteiger charge is -2.35. The van der Waals surface area contributed by atoms with Gasteiger partial charge in [0.25, 0.3) is 0 Å². The van der Waals surface area contributed by atoms with Crippen LogP contribution in [0.1, 0.15) is 0 Å². The normalized spacial score (nSPS) is 39.6. The Labute approximate surface area is 117 Å². The van der Waals surface area contributed by atoms with Gasteiger partial charge in [-0.2, -0.15) is 0 Å². The quantitative estimate of drug-likeness (QED) is 0.534. The smallest absolute Gasteiger partial charge is 0.326 e. The highest BCUT2D eigenvalue weighted by Crippen LogP contribution is 2.28. The number of carbonyl (C=O) groups is 2. The van der Waals surface area contributed by atoms with Crippen LogP contribution in [0, 0.1) is 0 Å². The van der Waals surface area contributed by atoms with Crippen LogP contribution in [0.4, 0.5) is 4.79 Å². The van der Waals surface area contributed by atoms with E-state index in [4.69, 9.17) is 14.6 Å². The third-order valence-electron chi connectivity index (χ3n) is 3.20. The van der Waals surface area contributed by atoms with E-state index in [-0.39, 0.29) is 13.2 Å². The summed E-state index contributed by atoms with van der Waals surface area (Å²) in [5.41, 5.74) is 0. The fourth-order valence-electron chi connectivity index (χ4n) is 2.19. The summed E-state index contributed by atoms with van der Waals surface area (Å²) in [5, 5.41) is 21.2. The number of halogens is 1. The number of aliphatic hydroxyl groups is 2. The summed E-state index contributed by atoms with van der Waals surface area (Å²) in [6, 6.07) is -0.612. The first-order chi connectivity index (χ1) is 8.99. The van der Waals surface area contributed by atoms with Gasteiger partial charge in [-0.3, -0.25) is 15.0 Å². The van der Waals surface area contributed by atoms with Gasteiger partial charge in [0.05, 0.1) is 6.61 Å². The number of hydrogen-bond donors (Lipinski definition) is 3. The maximum absolute atomic E-state index is 11.8. The first-order valence-electron chi connectivity index (χ1n) is 5.72. The van der Waals surface area contributed by atoms with E-state index in [1.54, 1.807) is 0 Å². The van der Waals surface area contributed by atoms with Crippen LogP contribution in [-0.2, 0) is 14.3 Å². The first kappa shape index (κ1) is 14.7. The van der Waals surface area contributed by atoms with E-state index in [9.17, 15) is 14.7 Å². The van der Waals surface area contributed by atoms with Crippen LogP contribution in [0.3, 0.4) is 0 Å². The fourth-order valence-corrected chi connectivity index (χ4v) is 2.61. The highest BCUT2D eigenvalue weighted by Gasteiger charge is 2.49. The van der Waals surface area contributed by atoms with E-state index in [0.717, 1.165) is 0 Å². The van der Waals surface area contributed by atoms with E-state index < -0.39 is 41.3 Å². The van der Waals surface area contributed by atoms with Crippen molar-refractivity contribution in [2.75, 3.05) is 20.3 Å². The Morgan fingerprint density at radius 2 is 2.26 bits per heavy atom. The van der Waals surface area contributed by atoms with Crippen LogP contribution in [0.25, 0.3) is 0 Å². The molecule has 8 nitrogen and oxygen atoms in total. The Morgan fingerprint density at radius 3 is 2.84 bits per heavy atom. The van der Waals surface area contributed by atoms with Gasteiger partial charge >= 0.3 is 6.03 Å². The number of rotatable bonds is 3. The van der Waals surface area contributed by atoms with Gasteiger partial charge in [-0.05, 0) is 0 Å². The van der Waals surface area contributed by atoms with Crippen molar-refractivity contribution in [2.24, 2.45) is 0 Å². The molecule has 3 N–H and O–H groups in total. The fraction of sp³-hybridized carbons (Fsp3) is 0.800. The lowest BCUT2D eigenvalue weighted by Crippen LogP contribution is -2.60. The van der Waals surface area contributed by atoms with E-state index in [1.807, 2.05) is 0 Å². The number of alkyl halides is 1. The topological polar surface area (TPSA) is 108 Å². The Hall–Kier alpha value is -0.740. The zero-order chi connectivity index (χ0) is 14.2. The second kappa shape index (κ2) is 5.71. The van der Waals surface area contributed by atoms with Gasteiger partial charge in [0, 0.05) is 13.7 Å². The van der Waals surface area contributed by atoms with Gasteiger partial charge in [-0.25, -0.2) is 4.79 Å². The molecule has 19 heavy (non-hydrogen) atoms. The number of nitrogens with zero attached hydrogens (tertiary/aromatic N) is 1. The van der Waals surface area contributed by atoms with Gasteiger partial charge in [0.15, 0.2) is 6.23 Å². The minimum absolute atomic E-state index is 0.0973. The number of nitrogens with one attached hydrogen (secondary N) is 1. The van der Waals surface area contributed by atoms with Crippen molar-refractivity contribution in [3.05, 3.63) is 0 Å². The van der Waals surface area contributed by atoms with E-state index in [0.29, 0.717) is 0 Å². The number of amides is 3. The highest BCUT2D eigenvalue weighted by atomic mass is 79.9. The summed E-state index contributed by atoms with van der Waals surface area (Å²) in [4.78, 5) is 23.8. The number of aliphatic hydroxyl groups excluding tert-OH is 2. The summed E-state index contributed by atoms with van der Waals surface area (Å²) in [7, 11) is 1.38. The van der Waals surface area contributed by atoms with Crippen molar-refractivity contribution in [3.8, 4) is 0 Å². The standard InChI is InChI=1S/C10H15BrN2O6/c1-18-7-6(15)5(3-14)19-9(7)13-2-4(11)8(16)12-10(13)17/h4-7,9,14-15H,2-3H2,1H3,(H,12,16,17)/t4?,5-,6-,7-,9-/m1/s1. The van der Waals surface area contributed by atoms with Crippen molar-refractivity contribution in [2.45, 2.75) is 29.4 Å². The molecule has 2 rings (SSSR count). The molecular formula is C10H15BrN2O6. The number of hydrogen-bond acceptors (Lipinski definition) is 6. The molecule has 0 aromatic heterocycles. The number of methoxy groups -OCH3 is 1. The molecule has 0 bridgehead atoms. The van der Waals surface area contributed by atoms with Crippen LogP contribution in [0.5, 0.6) is 0 Å². The molecule has 1 unspecified atom stereocenters. The summed E-state index contributed by atoms with van der Waals surface area (Å²) in [6.45, 7) is -0.288. The lowest BCUT2D eigenvalue weighted by molar-refractivity contribution is -0.125. The molecule has 108 valence electrons. The van der Waals surface area contributed by atoms with Crippen LogP contribution in [0.2, 0.25) is 0 Å². The molecule has 0 aliphatic carbocycles. The van der Waals surface area contributed by atoms with Gasteiger partial charge in [-0.15, -0.1) is 0 Å². The van der Waals surface area contributed by atoms with Crippen LogP contribution in [0.15, 0.2) is 0 Å². The van der Waals surface area contributed by atoms with Gasteiger partial charge in [0.1, 0.15) is 23.1 Å². The molecule has 0 aromatic carbocycles. The van der Waals surface area contributed by atoms with E-state index in [1.165, 1.54) is 12.0 Å². The minimum Gasteiger partial charge on any atom is -0.394 e. The molecule has 0 spiro atoms. The van der Waals surface area contributed by atoms with Crippen molar-refractivity contribution in [3.63, 3.8) is 0 Å².